The number of benzene rings is 2. The predicted molar refractivity (Wildman–Crippen MR) is 98.2 cm³/mol. The third-order valence-electron chi connectivity index (χ3n) is 4.57. The molecule has 0 spiro atoms. The van der Waals surface area contributed by atoms with Gasteiger partial charge in [0.2, 0.25) is 5.91 Å². The van der Waals surface area contributed by atoms with E-state index in [1.807, 2.05) is 42.5 Å². The second-order valence-corrected chi connectivity index (χ2v) is 6.39. The van der Waals surface area contributed by atoms with E-state index in [-0.39, 0.29) is 17.4 Å². The average molecular weight is 349 g/mol. The fourth-order valence-corrected chi connectivity index (χ4v) is 3.20. The fraction of sp³-hybridized carbons (Fsp3) is 0.250. The zero-order valence-electron chi connectivity index (χ0n) is 14.2. The van der Waals surface area contributed by atoms with Crippen molar-refractivity contribution in [1.29, 1.82) is 0 Å². The van der Waals surface area contributed by atoms with Crippen molar-refractivity contribution >= 4 is 16.8 Å². The van der Waals surface area contributed by atoms with Crippen LogP contribution < -0.4 is 15.6 Å². The lowest BCUT2D eigenvalue weighted by atomic mass is 9.96. The molecule has 0 fully saturated rings. The molecule has 0 bridgehead atoms. The van der Waals surface area contributed by atoms with Crippen LogP contribution in [0.3, 0.4) is 0 Å². The van der Waals surface area contributed by atoms with Gasteiger partial charge in [0.05, 0.1) is 16.8 Å². The van der Waals surface area contributed by atoms with E-state index >= 15 is 0 Å². The van der Waals surface area contributed by atoms with Crippen molar-refractivity contribution in [3.05, 3.63) is 70.3 Å². The molecule has 1 atom stereocenters. The Morgan fingerprint density at radius 3 is 2.92 bits per heavy atom. The normalized spacial score (nSPS) is 15.9. The number of carbonyl (C=O) groups is 1. The minimum atomic E-state index is -0.200. The van der Waals surface area contributed by atoms with Crippen molar-refractivity contribution in [2.24, 2.45) is 5.92 Å². The summed E-state index contributed by atoms with van der Waals surface area (Å²) in [4.78, 5) is 31.7. The lowest BCUT2D eigenvalue weighted by Gasteiger charge is -2.24. The van der Waals surface area contributed by atoms with Crippen molar-refractivity contribution in [2.75, 3.05) is 13.2 Å². The first-order valence-electron chi connectivity index (χ1n) is 8.67. The van der Waals surface area contributed by atoms with Crippen LogP contribution in [0.1, 0.15) is 11.4 Å². The number of para-hydroxylation sites is 2. The Hall–Kier alpha value is -3.15. The predicted octanol–water partition coefficient (Wildman–Crippen LogP) is 1.83. The molecule has 2 aromatic carbocycles. The van der Waals surface area contributed by atoms with Crippen molar-refractivity contribution in [1.82, 2.24) is 15.3 Å². The molecule has 2 N–H and O–H groups in total. The summed E-state index contributed by atoms with van der Waals surface area (Å²) >= 11 is 0. The van der Waals surface area contributed by atoms with E-state index in [2.05, 4.69) is 15.3 Å². The Morgan fingerprint density at radius 2 is 2.00 bits per heavy atom. The van der Waals surface area contributed by atoms with Gasteiger partial charge in [-0.25, -0.2) is 4.98 Å². The van der Waals surface area contributed by atoms with Crippen LogP contribution in [-0.4, -0.2) is 29.0 Å². The van der Waals surface area contributed by atoms with Crippen LogP contribution in [0.2, 0.25) is 0 Å². The zero-order valence-corrected chi connectivity index (χ0v) is 14.2. The van der Waals surface area contributed by atoms with Crippen LogP contribution >= 0.6 is 0 Å². The monoisotopic (exact) mass is 349 g/mol. The highest BCUT2D eigenvalue weighted by Crippen LogP contribution is 2.26. The quantitative estimate of drug-likeness (QED) is 0.753. The van der Waals surface area contributed by atoms with E-state index in [4.69, 9.17) is 4.74 Å². The number of carbonyl (C=O) groups excluding carboxylic acids is 1. The zero-order chi connectivity index (χ0) is 17.9. The number of fused-ring (bicyclic) bond motifs is 2. The Labute approximate surface area is 150 Å². The van der Waals surface area contributed by atoms with Crippen LogP contribution in [-0.2, 0) is 17.6 Å². The van der Waals surface area contributed by atoms with Crippen LogP contribution in [0.5, 0.6) is 5.75 Å². The van der Waals surface area contributed by atoms with Gasteiger partial charge in [0, 0.05) is 13.0 Å². The summed E-state index contributed by atoms with van der Waals surface area (Å²) in [6.07, 6.45) is 1.14. The summed E-state index contributed by atoms with van der Waals surface area (Å²) in [5.41, 5.74) is 1.56. The smallest absolute Gasteiger partial charge is 0.258 e. The molecule has 1 aliphatic heterocycles. The first-order valence-corrected chi connectivity index (χ1v) is 8.67. The Balaban J connectivity index is 1.36. The summed E-state index contributed by atoms with van der Waals surface area (Å²) in [7, 11) is 0. The first kappa shape index (κ1) is 16.3. The van der Waals surface area contributed by atoms with Gasteiger partial charge in [0.1, 0.15) is 18.2 Å². The van der Waals surface area contributed by atoms with Crippen LogP contribution in [0.4, 0.5) is 0 Å². The highest BCUT2D eigenvalue weighted by Gasteiger charge is 2.25. The summed E-state index contributed by atoms with van der Waals surface area (Å²) in [6, 6.07) is 15.0. The second-order valence-electron chi connectivity index (χ2n) is 6.39. The number of nitrogens with zero attached hydrogens (tertiary/aromatic N) is 1. The van der Waals surface area contributed by atoms with Gasteiger partial charge in [0.15, 0.2) is 0 Å². The van der Waals surface area contributed by atoms with Crippen LogP contribution in [0, 0.1) is 5.92 Å². The average Bonchev–Trinajstić information content (AvgIpc) is 2.67. The molecule has 0 saturated heterocycles. The van der Waals surface area contributed by atoms with E-state index in [0.717, 1.165) is 11.3 Å². The summed E-state index contributed by atoms with van der Waals surface area (Å²) in [5.74, 6) is 1.19. The van der Waals surface area contributed by atoms with Crippen molar-refractivity contribution < 1.29 is 9.53 Å². The highest BCUT2D eigenvalue weighted by atomic mass is 16.5. The highest BCUT2D eigenvalue weighted by molar-refractivity contribution is 5.79. The maximum absolute atomic E-state index is 12.4. The van der Waals surface area contributed by atoms with Gasteiger partial charge < -0.3 is 15.0 Å². The van der Waals surface area contributed by atoms with Gasteiger partial charge in [-0.3, -0.25) is 9.59 Å². The number of H-pyrrole nitrogens is 1. The number of hydrogen-bond acceptors (Lipinski definition) is 4. The van der Waals surface area contributed by atoms with Gasteiger partial charge in [0.25, 0.3) is 5.56 Å². The van der Waals surface area contributed by atoms with Gasteiger partial charge in [-0.2, -0.15) is 0 Å². The number of aromatic amines is 1. The molecule has 4 rings (SSSR count). The van der Waals surface area contributed by atoms with Crippen molar-refractivity contribution in [3.8, 4) is 5.75 Å². The molecule has 0 aliphatic carbocycles. The molecule has 1 aliphatic rings. The Morgan fingerprint density at radius 1 is 1.19 bits per heavy atom. The lowest BCUT2D eigenvalue weighted by molar-refractivity contribution is -0.126. The molecule has 3 aromatic rings. The molecule has 6 heteroatoms. The van der Waals surface area contributed by atoms with Gasteiger partial charge in [-0.15, -0.1) is 0 Å². The molecule has 2 heterocycles. The number of rotatable bonds is 4. The molecular formula is C20H19N3O3. The fourth-order valence-electron chi connectivity index (χ4n) is 3.20. The molecule has 0 radical (unpaired) electrons. The SMILES string of the molecule is O=C(NCCc1nc2ccccc2c(=O)[nH]1)[C@H]1COc2ccccc2C1. The molecule has 0 unspecified atom stereocenters. The standard InChI is InChI=1S/C20H19N3O3/c24-19(14-11-13-5-1-4-8-17(13)26-12-14)21-10-9-18-22-16-7-3-2-6-15(16)20(25)23-18/h1-8,14H,9-12H2,(H,21,24)(H,22,23,25)/t14-/m1/s1. The number of nitrogens with one attached hydrogen (secondary N) is 2. The number of ether oxygens (including phenoxy) is 1. The van der Waals surface area contributed by atoms with Gasteiger partial charge in [-0.05, 0) is 30.2 Å². The molecule has 1 aromatic heterocycles. The van der Waals surface area contributed by atoms with Gasteiger partial charge in [-0.1, -0.05) is 30.3 Å². The summed E-state index contributed by atoms with van der Waals surface area (Å²) < 4.78 is 5.67. The third-order valence-corrected chi connectivity index (χ3v) is 4.57. The van der Waals surface area contributed by atoms with E-state index in [9.17, 15) is 9.59 Å². The number of amides is 1. The molecule has 132 valence electrons. The number of hydrogen-bond donors (Lipinski definition) is 2. The molecule has 6 nitrogen and oxygen atoms in total. The molecule has 1 amide bonds. The van der Waals surface area contributed by atoms with Crippen molar-refractivity contribution in [3.63, 3.8) is 0 Å². The maximum atomic E-state index is 12.4. The third kappa shape index (κ3) is 3.31. The van der Waals surface area contributed by atoms with E-state index in [1.54, 1.807) is 6.07 Å². The van der Waals surface area contributed by atoms with Gasteiger partial charge >= 0.3 is 0 Å². The maximum Gasteiger partial charge on any atom is 0.258 e. The van der Waals surface area contributed by atoms with E-state index in [1.165, 1.54) is 0 Å². The minimum absolute atomic E-state index is 0.0392. The lowest BCUT2D eigenvalue weighted by Crippen LogP contribution is -2.38. The second kappa shape index (κ2) is 7.00. The minimum Gasteiger partial charge on any atom is -0.492 e. The van der Waals surface area contributed by atoms with Crippen LogP contribution in [0.15, 0.2) is 53.3 Å². The number of aromatic nitrogens is 2. The summed E-state index contributed by atoms with van der Waals surface area (Å²) in [6.45, 7) is 0.798. The van der Waals surface area contributed by atoms with E-state index < -0.39 is 0 Å². The van der Waals surface area contributed by atoms with Crippen LogP contribution in [0.25, 0.3) is 10.9 Å². The van der Waals surface area contributed by atoms with Crippen molar-refractivity contribution in [2.45, 2.75) is 12.8 Å². The largest absolute Gasteiger partial charge is 0.492 e. The Kier molecular flexibility index (Phi) is 4.39. The first-order chi connectivity index (χ1) is 12.7. The Bertz CT molecular complexity index is 1010. The topological polar surface area (TPSA) is 84.1 Å². The summed E-state index contributed by atoms with van der Waals surface area (Å²) in [5, 5.41) is 3.49. The van der Waals surface area contributed by atoms with E-state index in [0.29, 0.717) is 42.7 Å². The molecule has 0 saturated carbocycles. The molecular weight excluding hydrogens is 330 g/mol. The molecule has 26 heavy (non-hydrogen) atoms.